The fourth-order valence-corrected chi connectivity index (χ4v) is 4.37. The number of nitrogens with two attached hydrogens (primary N) is 1. The third-order valence-electron chi connectivity index (χ3n) is 3.89. The Hall–Kier alpha value is -1.96. The molecule has 0 saturated carbocycles. The lowest BCUT2D eigenvalue weighted by Crippen LogP contribution is -2.28. The Labute approximate surface area is 123 Å². The zero-order valence-corrected chi connectivity index (χ0v) is 12.5. The van der Waals surface area contributed by atoms with E-state index in [1.54, 1.807) is 4.68 Å². The average molecular weight is 307 g/mol. The SMILES string of the molecule is Cc1c(N)cccc1-c1nnnn1C1CCCS(=O)(=O)C1. The lowest BCUT2D eigenvalue weighted by atomic mass is 10.1. The number of nitrogens with zero attached hydrogens (tertiary/aromatic N) is 4. The summed E-state index contributed by atoms with van der Waals surface area (Å²) in [5, 5.41) is 11.8. The summed E-state index contributed by atoms with van der Waals surface area (Å²) in [4.78, 5) is 0. The molecule has 1 unspecified atom stereocenters. The molecule has 1 aliphatic heterocycles. The van der Waals surface area contributed by atoms with Crippen LogP contribution in [0.3, 0.4) is 0 Å². The maximum Gasteiger partial charge on any atom is 0.182 e. The molecule has 1 aliphatic rings. The van der Waals surface area contributed by atoms with Gasteiger partial charge in [-0.05, 0) is 41.8 Å². The van der Waals surface area contributed by atoms with Crippen LogP contribution in [0.25, 0.3) is 11.4 Å². The summed E-state index contributed by atoms with van der Waals surface area (Å²) in [6, 6.07) is 5.34. The van der Waals surface area contributed by atoms with E-state index < -0.39 is 9.84 Å². The van der Waals surface area contributed by atoms with Crippen LogP contribution in [0.4, 0.5) is 5.69 Å². The average Bonchev–Trinajstić information content (AvgIpc) is 2.90. The molecule has 1 fully saturated rings. The van der Waals surface area contributed by atoms with E-state index in [1.165, 1.54) is 0 Å². The second-order valence-corrected chi connectivity index (χ2v) is 7.61. The minimum Gasteiger partial charge on any atom is -0.398 e. The fraction of sp³-hybridized carbons (Fsp3) is 0.462. The zero-order chi connectivity index (χ0) is 15.0. The number of rotatable bonds is 2. The Morgan fingerprint density at radius 1 is 1.38 bits per heavy atom. The van der Waals surface area contributed by atoms with Gasteiger partial charge in [0.25, 0.3) is 0 Å². The van der Waals surface area contributed by atoms with E-state index in [-0.39, 0.29) is 17.5 Å². The van der Waals surface area contributed by atoms with Gasteiger partial charge < -0.3 is 5.73 Å². The van der Waals surface area contributed by atoms with Crippen LogP contribution in [0.5, 0.6) is 0 Å². The monoisotopic (exact) mass is 307 g/mol. The highest BCUT2D eigenvalue weighted by Crippen LogP contribution is 2.29. The quantitative estimate of drug-likeness (QED) is 0.829. The molecule has 0 amide bonds. The number of aromatic nitrogens is 4. The van der Waals surface area contributed by atoms with Crippen molar-refractivity contribution < 1.29 is 8.42 Å². The maximum absolute atomic E-state index is 11.8. The Morgan fingerprint density at radius 2 is 2.19 bits per heavy atom. The lowest BCUT2D eigenvalue weighted by Gasteiger charge is -2.23. The first-order valence-corrected chi connectivity index (χ1v) is 8.64. The first kappa shape index (κ1) is 14.0. The lowest BCUT2D eigenvalue weighted by molar-refractivity contribution is 0.429. The standard InChI is InChI=1S/C13H17N5O2S/c1-9-11(5-2-6-12(9)14)13-15-16-17-18(13)10-4-3-7-21(19,20)8-10/h2,5-6,10H,3-4,7-8,14H2,1H3. The van der Waals surface area contributed by atoms with Gasteiger partial charge in [0.2, 0.25) is 0 Å². The van der Waals surface area contributed by atoms with Crippen molar-refractivity contribution in [1.29, 1.82) is 0 Å². The summed E-state index contributed by atoms with van der Waals surface area (Å²) in [6.07, 6.45) is 1.40. The molecule has 1 aromatic heterocycles. The van der Waals surface area contributed by atoms with Crippen molar-refractivity contribution in [3.63, 3.8) is 0 Å². The summed E-state index contributed by atoms with van der Waals surface area (Å²) >= 11 is 0. The number of anilines is 1. The summed E-state index contributed by atoms with van der Waals surface area (Å²) in [5.41, 5.74) is 8.32. The zero-order valence-electron chi connectivity index (χ0n) is 11.7. The van der Waals surface area contributed by atoms with Gasteiger partial charge in [-0.15, -0.1) is 5.10 Å². The number of tetrazole rings is 1. The smallest absolute Gasteiger partial charge is 0.182 e. The third-order valence-corrected chi connectivity index (χ3v) is 5.70. The first-order valence-electron chi connectivity index (χ1n) is 6.82. The van der Waals surface area contributed by atoms with Gasteiger partial charge in [0, 0.05) is 11.3 Å². The fourth-order valence-electron chi connectivity index (χ4n) is 2.70. The molecule has 7 nitrogen and oxygen atoms in total. The highest BCUT2D eigenvalue weighted by molar-refractivity contribution is 7.91. The van der Waals surface area contributed by atoms with Crippen molar-refractivity contribution in [2.24, 2.45) is 0 Å². The Balaban J connectivity index is 2.03. The van der Waals surface area contributed by atoms with E-state index in [4.69, 9.17) is 5.73 Å². The van der Waals surface area contributed by atoms with Gasteiger partial charge in [-0.2, -0.15) is 0 Å². The van der Waals surface area contributed by atoms with Crippen LogP contribution >= 0.6 is 0 Å². The second kappa shape index (κ2) is 5.10. The van der Waals surface area contributed by atoms with Crippen molar-refractivity contribution in [3.05, 3.63) is 23.8 Å². The van der Waals surface area contributed by atoms with Crippen molar-refractivity contribution in [3.8, 4) is 11.4 Å². The van der Waals surface area contributed by atoms with Crippen molar-refractivity contribution in [2.45, 2.75) is 25.8 Å². The number of sulfone groups is 1. The molecule has 8 heteroatoms. The molecule has 1 saturated heterocycles. The Bertz CT molecular complexity index is 769. The van der Waals surface area contributed by atoms with Gasteiger partial charge >= 0.3 is 0 Å². The van der Waals surface area contributed by atoms with Crippen molar-refractivity contribution in [1.82, 2.24) is 20.2 Å². The van der Waals surface area contributed by atoms with E-state index in [0.717, 1.165) is 17.5 Å². The van der Waals surface area contributed by atoms with E-state index >= 15 is 0 Å². The molecular formula is C13H17N5O2S. The predicted molar refractivity (Wildman–Crippen MR) is 79.3 cm³/mol. The predicted octanol–water partition coefficient (Wildman–Crippen LogP) is 0.980. The number of hydrogen-bond acceptors (Lipinski definition) is 6. The number of nitrogen functional groups attached to an aromatic ring is 1. The maximum atomic E-state index is 11.8. The van der Waals surface area contributed by atoms with Crippen molar-refractivity contribution >= 4 is 15.5 Å². The summed E-state index contributed by atoms with van der Waals surface area (Å²) < 4.78 is 25.3. The topological polar surface area (TPSA) is 104 Å². The molecular weight excluding hydrogens is 290 g/mol. The largest absolute Gasteiger partial charge is 0.398 e. The Morgan fingerprint density at radius 3 is 2.95 bits per heavy atom. The molecule has 2 N–H and O–H groups in total. The number of benzene rings is 1. The third kappa shape index (κ3) is 2.63. The van der Waals surface area contributed by atoms with Gasteiger partial charge in [0.15, 0.2) is 15.7 Å². The molecule has 112 valence electrons. The van der Waals surface area contributed by atoms with E-state index in [0.29, 0.717) is 17.9 Å². The summed E-state index contributed by atoms with van der Waals surface area (Å²) in [6.45, 7) is 1.90. The highest BCUT2D eigenvalue weighted by atomic mass is 32.2. The molecule has 2 aromatic rings. The van der Waals surface area contributed by atoms with Crippen LogP contribution in [0.15, 0.2) is 18.2 Å². The molecule has 2 heterocycles. The molecule has 0 radical (unpaired) electrons. The minimum absolute atomic E-state index is 0.0897. The number of hydrogen-bond donors (Lipinski definition) is 1. The van der Waals surface area contributed by atoms with E-state index in [1.807, 2.05) is 25.1 Å². The molecule has 0 spiro atoms. The normalized spacial score (nSPS) is 21.3. The summed E-state index contributed by atoms with van der Waals surface area (Å²) in [7, 11) is -3.02. The van der Waals surface area contributed by atoms with Gasteiger partial charge in [0.05, 0.1) is 17.5 Å². The van der Waals surface area contributed by atoms with E-state index in [2.05, 4.69) is 15.5 Å². The van der Waals surface area contributed by atoms with E-state index in [9.17, 15) is 8.42 Å². The molecule has 0 bridgehead atoms. The van der Waals surface area contributed by atoms with Gasteiger partial charge in [-0.25, -0.2) is 13.1 Å². The van der Waals surface area contributed by atoms with Crippen LogP contribution in [-0.4, -0.2) is 40.1 Å². The molecule has 21 heavy (non-hydrogen) atoms. The van der Waals surface area contributed by atoms with Crippen LogP contribution in [-0.2, 0) is 9.84 Å². The molecule has 1 atom stereocenters. The van der Waals surface area contributed by atoms with Crippen LogP contribution < -0.4 is 5.73 Å². The van der Waals surface area contributed by atoms with Gasteiger partial charge in [0.1, 0.15) is 0 Å². The summed E-state index contributed by atoms with van der Waals surface area (Å²) in [5.74, 6) is 0.909. The van der Waals surface area contributed by atoms with Crippen LogP contribution in [0.2, 0.25) is 0 Å². The van der Waals surface area contributed by atoms with Crippen LogP contribution in [0, 0.1) is 6.92 Å². The molecule has 1 aromatic carbocycles. The minimum atomic E-state index is -3.02. The van der Waals surface area contributed by atoms with Crippen molar-refractivity contribution in [2.75, 3.05) is 17.2 Å². The second-order valence-electron chi connectivity index (χ2n) is 5.38. The molecule has 0 aliphatic carbocycles. The van der Waals surface area contributed by atoms with Gasteiger partial charge in [-0.3, -0.25) is 0 Å². The highest BCUT2D eigenvalue weighted by Gasteiger charge is 2.29. The molecule has 3 rings (SSSR count). The first-order chi connectivity index (χ1) is 9.98. The Kier molecular flexibility index (Phi) is 3.40. The van der Waals surface area contributed by atoms with Gasteiger partial charge in [-0.1, -0.05) is 12.1 Å². The van der Waals surface area contributed by atoms with Crippen LogP contribution in [0.1, 0.15) is 24.4 Å².